The Morgan fingerprint density at radius 3 is 2.69 bits per heavy atom. The van der Waals surface area contributed by atoms with Gasteiger partial charge < -0.3 is 14.4 Å². The van der Waals surface area contributed by atoms with E-state index in [9.17, 15) is 4.79 Å². The molecule has 0 aliphatic carbocycles. The Bertz CT molecular complexity index is 562. The normalized spacial score (nSPS) is 22.0. The molecule has 1 atom stereocenters. The first-order valence-electron chi connectivity index (χ1n) is 9.72. The maximum Gasteiger partial charge on any atom is 0.248 e. The second kappa shape index (κ2) is 10.5. The molecule has 2 saturated heterocycles. The van der Waals surface area contributed by atoms with Crippen molar-refractivity contribution < 1.29 is 14.3 Å². The quantitative estimate of drug-likeness (QED) is 0.751. The molecule has 0 saturated carbocycles. The SMILES string of the molecule is O=C(COC[C@H]1CCCCO1)N1CCN(C/C=C/c2ccccc2)CC1. The number of carbonyl (C=O) groups excluding carboxylic acids is 1. The summed E-state index contributed by atoms with van der Waals surface area (Å²) < 4.78 is 11.2. The van der Waals surface area contributed by atoms with Crippen molar-refractivity contribution in [2.45, 2.75) is 25.4 Å². The summed E-state index contributed by atoms with van der Waals surface area (Å²) >= 11 is 0. The van der Waals surface area contributed by atoms with Gasteiger partial charge in [0.2, 0.25) is 5.91 Å². The van der Waals surface area contributed by atoms with E-state index in [4.69, 9.17) is 9.47 Å². The topological polar surface area (TPSA) is 42.0 Å². The van der Waals surface area contributed by atoms with E-state index in [1.54, 1.807) is 0 Å². The molecule has 2 aliphatic rings. The first-order valence-corrected chi connectivity index (χ1v) is 9.72. The molecule has 0 spiro atoms. The zero-order chi connectivity index (χ0) is 18.0. The molecule has 2 aliphatic heterocycles. The van der Waals surface area contributed by atoms with Crippen LogP contribution < -0.4 is 0 Å². The summed E-state index contributed by atoms with van der Waals surface area (Å²) in [6, 6.07) is 10.3. The maximum absolute atomic E-state index is 12.3. The molecule has 142 valence electrons. The Balaban J connectivity index is 1.30. The Hall–Kier alpha value is -1.69. The van der Waals surface area contributed by atoms with Crippen molar-refractivity contribution in [3.05, 3.63) is 42.0 Å². The molecule has 26 heavy (non-hydrogen) atoms. The van der Waals surface area contributed by atoms with Crippen molar-refractivity contribution in [3.63, 3.8) is 0 Å². The van der Waals surface area contributed by atoms with E-state index in [1.165, 1.54) is 12.0 Å². The Labute approximate surface area is 156 Å². The van der Waals surface area contributed by atoms with Gasteiger partial charge >= 0.3 is 0 Å². The lowest BCUT2D eigenvalue weighted by Crippen LogP contribution is -2.49. The highest BCUT2D eigenvalue weighted by Crippen LogP contribution is 2.13. The van der Waals surface area contributed by atoms with Gasteiger partial charge in [-0.3, -0.25) is 9.69 Å². The predicted octanol–water partition coefficient (Wildman–Crippen LogP) is 2.43. The summed E-state index contributed by atoms with van der Waals surface area (Å²) in [5, 5.41) is 0. The number of ether oxygens (including phenoxy) is 2. The standard InChI is InChI=1S/C21H30N2O3/c24-21(18-25-17-20-10-4-5-16-26-20)23-14-12-22(13-15-23)11-6-9-19-7-2-1-3-8-19/h1-3,6-9,20H,4-5,10-18H2/b9-6+/t20-/m1/s1. The van der Waals surface area contributed by atoms with Crippen LogP contribution in [0.2, 0.25) is 0 Å². The average Bonchev–Trinajstić information content (AvgIpc) is 2.70. The fraction of sp³-hybridized carbons (Fsp3) is 0.571. The van der Waals surface area contributed by atoms with Gasteiger partial charge in [-0.05, 0) is 24.8 Å². The van der Waals surface area contributed by atoms with Crippen LogP contribution in [0.5, 0.6) is 0 Å². The summed E-state index contributed by atoms with van der Waals surface area (Å²) in [5.74, 6) is 0.0975. The summed E-state index contributed by atoms with van der Waals surface area (Å²) in [4.78, 5) is 16.6. The van der Waals surface area contributed by atoms with E-state index in [2.05, 4.69) is 29.2 Å². The molecule has 0 N–H and O–H groups in total. The van der Waals surface area contributed by atoms with Crippen LogP contribution in [0.25, 0.3) is 6.08 Å². The zero-order valence-electron chi connectivity index (χ0n) is 15.5. The van der Waals surface area contributed by atoms with Crippen LogP contribution in [-0.2, 0) is 14.3 Å². The lowest BCUT2D eigenvalue weighted by atomic mass is 10.1. The minimum Gasteiger partial charge on any atom is -0.376 e. The minimum absolute atomic E-state index is 0.0975. The van der Waals surface area contributed by atoms with E-state index < -0.39 is 0 Å². The first kappa shape index (κ1) is 19.1. The summed E-state index contributed by atoms with van der Waals surface area (Å²) in [5.41, 5.74) is 1.22. The summed E-state index contributed by atoms with van der Waals surface area (Å²) in [6.07, 6.45) is 7.90. The smallest absolute Gasteiger partial charge is 0.248 e. The Kier molecular flexibility index (Phi) is 7.67. The molecule has 1 aromatic rings. The van der Waals surface area contributed by atoms with Gasteiger partial charge in [0, 0.05) is 39.3 Å². The van der Waals surface area contributed by atoms with Gasteiger partial charge in [0.05, 0.1) is 12.7 Å². The Morgan fingerprint density at radius 2 is 1.96 bits per heavy atom. The Morgan fingerprint density at radius 1 is 1.15 bits per heavy atom. The molecule has 1 amide bonds. The van der Waals surface area contributed by atoms with Gasteiger partial charge in [0.25, 0.3) is 0 Å². The zero-order valence-corrected chi connectivity index (χ0v) is 15.5. The van der Waals surface area contributed by atoms with E-state index >= 15 is 0 Å². The van der Waals surface area contributed by atoms with Crippen molar-refractivity contribution in [1.29, 1.82) is 0 Å². The van der Waals surface area contributed by atoms with Crippen LogP contribution >= 0.6 is 0 Å². The number of amides is 1. The third kappa shape index (κ3) is 6.24. The molecule has 5 nitrogen and oxygen atoms in total. The number of hydrogen-bond acceptors (Lipinski definition) is 4. The molecular formula is C21H30N2O3. The molecule has 0 bridgehead atoms. The molecule has 1 aromatic carbocycles. The fourth-order valence-electron chi connectivity index (χ4n) is 3.39. The van der Waals surface area contributed by atoms with Crippen molar-refractivity contribution in [3.8, 4) is 0 Å². The van der Waals surface area contributed by atoms with E-state index in [0.29, 0.717) is 6.61 Å². The van der Waals surface area contributed by atoms with Gasteiger partial charge in [-0.15, -0.1) is 0 Å². The van der Waals surface area contributed by atoms with Crippen molar-refractivity contribution >= 4 is 12.0 Å². The fourth-order valence-corrected chi connectivity index (χ4v) is 3.39. The third-order valence-electron chi connectivity index (χ3n) is 5.00. The lowest BCUT2D eigenvalue weighted by Gasteiger charge is -2.34. The van der Waals surface area contributed by atoms with Crippen LogP contribution in [0.15, 0.2) is 36.4 Å². The van der Waals surface area contributed by atoms with Crippen molar-refractivity contribution in [1.82, 2.24) is 9.80 Å². The molecule has 5 heteroatoms. The largest absolute Gasteiger partial charge is 0.376 e. The van der Waals surface area contributed by atoms with E-state index in [-0.39, 0.29) is 18.6 Å². The van der Waals surface area contributed by atoms with Gasteiger partial charge in [-0.2, -0.15) is 0 Å². The van der Waals surface area contributed by atoms with Crippen LogP contribution in [0.4, 0.5) is 0 Å². The number of benzene rings is 1. The lowest BCUT2D eigenvalue weighted by molar-refractivity contribution is -0.139. The van der Waals surface area contributed by atoms with Gasteiger partial charge in [-0.1, -0.05) is 42.5 Å². The summed E-state index contributed by atoms with van der Waals surface area (Å²) in [6.45, 7) is 5.84. The highest BCUT2D eigenvalue weighted by molar-refractivity contribution is 5.77. The van der Waals surface area contributed by atoms with Gasteiger partial charge in [-0.25, -0.2) is 0 Å². The monoisotopic (exact) mass is 358 g/mol. The third-order valence-corrected chi connectivity index (χ3v) is 5.00. The molecule has 3 rings (SSSR count). The first-order chi connectivity index (χ1) is 12.8. The average molecular weight is 358 g/mol. The molecule has 2 heterocycles. The molecule has 2 fully saturated rings. The second-order valence-corrected chi connectivity index (χ2v) is 7.00. The van der Waals surface area contributed by atoms with E-state index in [0.717, 1.165) is 52.2 Å². The van der Waals surface area contributed by atoms with Crippen LogP contribution in [0.1, 0.15) is 24.8 Å². The van der Waals surface area contributed by atoms with Crippen LogP contribution in [-0.4, -0.2) is 74.4 Å². The number of piperazine rings is 1. The number of rotatable bonds is 7. The second-order valence-electron chi connectivity index (χ2n) is 7.00. The highest BCUT2D eigenvalue weighted by atomic mass is 16.5. The number of carbonyl (C=O) groups is 1. The van der Waals surface area contributed by atoms with Gasteiger partial charge in [0.15, 0.2) is 0 Å². The predicted molar refractivity (Wildman–Crippen MR) is 103 cm³/mol. The van der Waals surface area contributed by atoms with Crippen molar-refractivity contribution in [2.24, 2.45) is 0 Å². The number of hydrogen-bond donors (Lipinski definition) is 0. The van der Waals surface area contributed by atoms with Gasteiger partial charge in [0.1, 0.15) is 6.61 Å². The molecule has 0 radical (unpaired) electrons. The highest BCUT2D eigenvalue weighted by Gasteiger charge is 2.21. The number of nitrogens with zero attached hydrogens (tertiary/aromatic N) is 2. The molecular weight excluding hydrogens is 328 g/mol. The molecule has 0 unspecified atom stereocenters. The van der Waals surface area contributed by atoms with Crippen LogP contribution in [0, 0.1) is 0 Å². The van der Waals surface area contributed by atoms with Crippen molar-refractivity contribution in [2.75, 3.05) is 52.5 Å². The van der Waals surface area contributed by atoms with Crippen LogP contribution in [0.3, 0.4) is 0 Å². The minimum atomic E-state index is 0.0975. The maximum atomic E-state index is 12.3. The molecule has 0 aromatic heterocycles. The summed E-state index contributed by atoms with van der Waals surface area (Å²) in [7, 11) is 0. The van der Waals surface area contributed by atoms with E-state index in [1.807, 2.05) is 23.1 Å².